The van der Waals surface area contributed by atoms with Gasteiger partial charge in [-0.15, -0.1) is 11.3 Å². The average Bonchev–Trinajstić information content (AvgIpc) is 3.22. The number of hydrogen-bond donors (Lipinski definition) is 1. The molecule has 1 N–H and O–H groups in total. The molecule has 0 aliphatic rings. The third-order valence-corrected chi connectivity index (χ3v) is 6.39. The quantitative estimate of drug-likeness (QED) is 0.388. The molecule has 2 aromatic carbocycles. The van der Waals surface area contributed by atoms with Crippen molar-refractivity contribution in [1.82, 2.24) is 9.80 Å². The lowest BCUT2D eigenvalue weighted by Gasteiger charge is -2.28. The van der Waals surface area contributed by atoms with Gasteiger partial charge in [-0.3, -0.25) is 4.79 Å². The van der Waals surface area contributed by atoms with Crippen LogP contribution >= 0.6 is 11.3 Å². The smallest absolute Gasteiger partial charge is 0.322 e. The predicted molar refractivity (Wildman–Crippen MR) is 136 cm³/mol. The highest BCUT2D eigenvalue weighted by atomic mass is 32.1. The molecule has 3 amide bonds. The fraction of sp³-hybridized carbons (Fsp3) is 0.333. The highest BCUT2D eigenvalue weighted by molar-refractivity contribution is 7.11. The summed E-state index contributed by atoms with van der Waals surface area (Å²) in [6, 6.07) is 21.6. The predicted octanol–water partition coefficient (Wildman–Crippen LogP) is 6.23. The maximum Gasteiger partial charge on any atom is 0.322 e. The molecule has 174 valence electrons. The molecular formula is C27H33N3O2S. The first-order chi connectivity index (χ1) is 15.9. The van der Waals surface area contributed by atoms with Gasteiger partial charge in [-0.25, -0.2) is 4.79 Å². The summed E-state index contributed by atoms with van der Waals surface area (Å²) in [7, 11) is 0. The Morgan fingerprint density at radius 3 is 2.24 bits per heavy atom. The van der Waals surface area contributed by atoms with Crippen LogP contribution < -0.4 is 5.32 Å². The van der Waals surface area contributed by atoms with Crippen molar-refractivity contribution in [2.75, 3.05) is 18.4 Å². The van der Waals surface area contributed by atoms with E-state index in [0.29, 0.717) is 19.6 Å². The number of carbonyl (C=O) groups excluding carboxylic acids is 2. The summed E-state index contributed by atoms with van der Waals surface area (Å²) in [4.78, 5) is 32.3. The van der Waals surface area contributed by atoms with Crippen LogP contribution in [0.4, 0.5) is 10.5 Å². The highest BCUT2D eigenvalue weighted by Gasteiger charge is 2.22. The minimum Gasteiger partial charge on any atom is -0.332 e. The molecule has 0 spiro atoms. The first-order valence-electron chi connectivity index (χ1n) is 11.4. The Balaban J connectivity index is 1.74. The number of thiophene rings is 1. The topological polar surface area (TPSA) is 52.7 Å². The molecule has 0 aliphatic carbocycles. The van der Waals surface area contributed by atoms with E-state index < -0.39 is 0 Å². The van der Waals surface area contributed by atoms with Crippen LogP contribution in [0.2, 0.25) is 0 Å². The Bertz CT molecular complexity index is 1030. The second-order valence-corrected chi connectivity index (χ2v) is 9.69. The molecule has 6 heteroatoms. The summed E-state index contributed by atoms with van der Waals surface area (Å²) in [5, 5.41) is 2.94. The van der Waals surface area contributed by atoms with E-state index in [4.69, 9.17) is 0 Å². The molecule has 0 fully saturated rings. The first kappa shape index (κ1) is 24.5. The van der Waals surface area contributed by atoms with Crippen LogP contribution in [0.15, 0.2) is 66.7 Å². The lowest BCUT2D eigenvalue weighted by molar-refractivity contribution is -0.133. The van der Waals surface area contributed by atoms with Gasteiger partial charge in [0.05, 0.1) is 6.54 Å². The molecule has 0 atom stereocenters. The first-order valence-corrected chi connectivity index (χ1v) is 12.3. The molecule has 0 bridgehead atoms. The number of carbonyl (C=O) groups is 2. The van der Waals surface area contributed by atoms with Crippen molar-refractivity contribution in [3.8, 4) is 0 Å². The number of anilines is 1. The Labute approximate surface area is 201 Å². The molecule has 0 saturated carbocycles. The van der Waals surface area contributed by atoms with E-state index in [1.165, 1.54) is 4.88 Å². The van der Waals surface area contributed by atoms with Crippen LogP contribution in [-0.2, 0) is 17.9 Å². The standard InChI is InChI=1S/C27H33N3O2S/c1-4-5-17-29(27(32)28-24-14-11-21(2)12-15-24)20-26(31)30(18-23-9-7-6-8-10-23)19-25-16-13-22(3)33-25/h6-16H,4-5,17-20H2,1-3H3,(H,28,32). The van der Waals surface area contributed by atoms with Crippen molar-refractivity contribution in [2.24, 2.45) is 0 Å². The summed E-state index contributed by atoms with van der Waals surface area (Å²) in [6.45, 7) is 7.80. The van der Waals surface area contributed by atoms with Crippen LogP contribution in [0, 0.1) is 13.8 Å². The van der Waals surface area contributed by atoms with E-state index in [-0.39, 0.29) is 18.5 Å². The zero-order valence-electron chi connectivity index (χ0n) is 19.7. The Kier molecular flexibility index (Phi) is 9.07. The van der Waals surface area contributed by atoms with Crippen molar-refractivity contribution in [2.45, 2.75) is 46.7 Å². The van der Waals surface area contributed by atoms with Crippen LogP contribution in [-0.4, -0.2) is 34.8 Å². The normalized spacial score (nSPS) is 10.6. The van der Waals surface area contributed by atoms with Gasteiger partial charge in [0.15, 0.2) is 0 Å². The molecule has 0 aliphatic heterocycles. The number of amides is 3. The van der Waals surface area contributed by atoms with Gasteiger partial charge in [0.2, 0.25) is 5.91 Å². The zero-order chi connectivity index (χ0) is 23.6. The van der Waals surface area contributed by atoms with Gasteiger partial charge in [0.1, 0.15) is 6.54 Å². The molecule has 0 saturated heterocycles. The van der Waals surface area contributed by atoms with Crippen molar-refractivity contribution in [1.29, 1.82) is 0 Å². The minimum atomic E-state index is -0.243. The second kappa shape index (κ2) is 12.2. The van der Waals surface area contributed by atoms with E-state index in [2.05, 4.69) is 31.3 Å². The van der Waals surface area contributed by atoms with Crippen LogP contribution in [0.25, 0.3) is 0 Å². The number of nitrogens with zero attached hydrogens (tertiary/aromatic N) is 2. The summed E-state index contributed by atoms with van der Waals surface area (Å²) in [5.41, 5.74) is 2.93. The molecule has 0 unspecified atom stereocenters. The number of rotatable bonds is 10. The van der Waals surface area contributed by atoms with Crippen molar-refractivity contribution in [3.05, 3.63) is 87.6 Å². The fourth-order valence-electron chi connectivity index (χ4n) is 3.50. The SMILES string of the molecule is CCCCN(CC(=O)N(Cc1ccccc1)Cc1ccc(C)s1)C(=O)Nc1ccc(C)cc1. The van der Waals surface area contributed by atoms with Gasteiger partial charge in [-0.05, 0) is 50.1 Å². The largest absolute Gasteiger partial charge is 0.332 e. The zero-order valence-corrected chi connectivity index (χ0v) is 20.5. The Morgan fingerprint density at radius 2 is 1.61 bits per heavy atom. The minimum absolute atomic E-state index is 0.0505. The lowest BCUT2D eigenvalue weighted by Crippen LogP contribution is -2.44. The summed E-state index contributed by atoms with van der Waals surface area (Å²) < 4.78 is 0. The molecule has 1 aromatic heterocycles. The maximum absolute atomic E-state index is 13.4. The molecular weight excluding hydrogens is 430 g/mol. The molecule has 1 heterocycles. The summed E-state index contributed by atoms with van der Waals surface area (Å²) in [6.07, 6.45) is 1.79. The number of benzene rings is 2. The van der Waals surface area contributed by atoms with Gasteiger partial charge in [0, 0.05) is 28.5 Å². The second-order valence-electron chi connectivity index (χ2n) is 8.32. The third kappa shape index (κ3) is 7.75. The van der Waals surface area contributed by atoms with Gasteiger partial charge < -0.3 is 15.1 Å². The van der Waals surface area contributed by atoms with E-state index in [1.54, 1.807) is 16.2 Å². The molecule has 5 nitrogen and oxygen atoms in total. The van der Waals surface area contributed by atoms with Gasteiger partial charge in [-0.1, -0.05) is 61.4 Å². The Morgan fingerprint density at radius 1 is 0.879 bits per heavy atom. The number of urea groups is 1. The summed E-state index contributed by atoms with van der Waals surface area (Å²) in [5.74, 6) is -0.0555. The van der Waals surface area contributed by atoms with Gasteiger partial charge >= 0.3 is 6.03 Å². The number of unbranched alkanes of at least 4 members (excludes halogenated alkanes) is 1. The van der Waals surface area contributed by atoms with E-state index in [1.807, 2.05) is 66.4 Å². The van der Waals surface area contributed by atoms with Crippen LogP contribution in [0.5, 0.6) is 0 Å². The molecule has 3 aromatic rings. The highest BCUT2D eigenvalue weighted by Crippen LogP contribution is 2.19. The molecule has 33 heavy (non-hydrogen) atoms. The van der Waals surface area contributed by atoms with E-state index in [0.717, 1.165) is 34.5 Å². The van der Waals surface area contributed by atoms with Crippen molar-refractivity contribution in [3.63, 3.8) is 0 Å². The number of aryl methyl sites for hydroxylation is 2. The number of nitrogens with one attached hydrogen (secondary N) is 1. The van der Waals surface area contributed by atoms with Crippen molar-refractivity contribution >= 4 is 29.0 Å². The van der Waals surface area contributed by atoms with Crippen LogP contribution in [0.3, 0.4) is 0 Å². The van der Waals surface area contributed by atoms with Crippen molar-refractivity contribution < 1.29 is 9.59 Å². The van der Waals surface area contributed by atoms with E-state index >= 15 is 0 Å². The van der Waals surface area contributed by atoms with E-state index in [9.17, 15) is 9.59 Å². The Hall–Kier alpha value is -3.12. The van der Waals surface area contributed by atoms with Gasteiger partial charge in [-0.2, -0.15) is 0 Å². The molecule has 3 rings (SSSR count). The summed E-state index contributed by atoms with van der Waals surface area (Å²) >= 11 is 1.70. The maximum atomic E-state index is 13.4. The number of hydrogen-bond acceptors (Lipinski definition) is 3. The average molecular weight is 464 g/mol. The lowest BCUT2D eigenvalue weighted by atomic mass is 10.2. The van der Waals surface area contributed by atoms with Gasteiger partial charge in [0.25, 0.3) is 0 Å². The van der Waals surface area contributed by atoms with Crippen LogP contribution in [0.1, 0.15) is 40.6 Å². The fourth-order valence-corrected chi connectivity index (χ4v) is 4.40. The third-order valence-electron chi connectivity index (χ3n) is 5.41. The monoisotopic (exact) mass is 463 g/mol. The molecule has 0 radical (unpaired) electrons.